The molecule has 7 nitrogen and oxygen atoms in total. The molecule has 0 amide bonds. The summed E-state index contributed by atoms with van der Waals surface area (Å²) in [5.41, 5.74) is 2.15. The molecule has 7 heteroatoms. The number of nitrogens with zero attached hydrogens (tertiary/aromatic N) is 4. The number of aryl methyl sites for hydroxylation is 1. The second-order valence-electron chi connectivity index (χ2n) is 6.47. The fourth-order valence-electron chi connectivity index (χ4n) is 2.92. The molecule has 0 aliphatic rings. The first-order valence-corrected chi connectivity index (χ1v) is 9.27. The third-order valence-corrected chi connectivity index (χ3v) is 4.57. The summed E-state index contributed by atoms with van der Waals surface area (Å²) < 4.78 is 1.94. The van der Waals surface area contributed by atoms with Crippen LogP contribution < -0.4 is 10.6 Å². The quantitative estimate of drug-likeness (QED) is 0.432. The van der Waals surface area contributed by atoms with Crippen molar-refractivity contribution >= 4 is 5.96 Å². The SMILES string of the molecule is CN=C(NCc1ccc(-n2ccnc2C)nc1)NCC(CO)c1ccccc1. The van der Waals surface area contributed by atoms with Gasteiger partial charge in [-0.25, -0.2) is 9.97 Å². The summed E-state index contributed by atoms with van der Waals surface area (Å²) in [4.78, 5) is 13.0. The number of imidazole rings is 1. The van der Waals surface area contributed by atoms with E-state index < -0.39 is 0 Å². The molecule has 0 aliphatic heterocycles. The van der Waals surface area contributed by atoms with Crippen LogP contribution in [0.3, 0.4) is 0 Å². The zero-order valence-corrected chi connectivity index (χ0v) is 16.2. The molecule has 28 heavy (non-hydrogen) atoms. The van der Waals surface area contributed by atoms with Crippen molar-refractivity contribution in [1.29, 1.82) is 0 Å². The van der Waals surface area contributed by atoms with Crippen molar-refractivity contribution in [2.75, 3.05) is 20.2 Å². The highest BCUT2D eigenvalue weighted by Gasteiger charge is 2.11. The van der Waals surface area contributed by atoms with Gasteiger partial charge in [0, 0.05) is 44.6 Å². The van der Waals surface area contributed by atoms with Crippen molar-refractivity contribution < 1.29 is 5.11 Å². The summed E-state index contributed by atoms with van der Waals surface area (Å²) in [5, 5.41) is 16.2. The molecule has 1 unspecified atom stereocenters. The molecule has 1 atom stereocenters. The third-order valence-electron chi connectivity index (χ3n) is 4.57. The number of benzene rings is 1. The lowest BCUT2D eigenvalue weighted by Gasteiger charge is -2.18. The van der Waals surface area contributed by atoms with E-state index in [9.17, 15) is 5.11 Å². The topological polar surface area (TPSA) is 87.4 Å². The van der Waals surface area contributed by atoms with Crippen molar-refractivity contribution in [3.05, 3.63) is 78.0 Å². The van der Waals surface area contributed by atoms with Crippen LogP contribution in [-0.2, 0) is 6.54 Å². The summed E-state index contributed by atoms with van der Waals surface area (Å²) in [6, 6.07) is 14.0. The van der Waals surface area contributed by atoms with E-state index in [-0.39, 0.29) is 12.5 Å². The van der Waals surface area contributed by atoms with Gasteiger partial charge in [-0.15, -0.1) is 0 Å². The van der Waals surface area contributed by atoms with Gasteiger partial charge in [-0.05, 0) is 24.1 Å². The van der Waals surface area contributed by atoms with Crippen LogP contribution in [0.5, 0.6) is 0 Å². The highest BCUT2D eigenvalue weighted by molar-refractivity contribution is 5.79. The maximum atomic E-state index is 9.68. The Bertz CT molecular complexity index is 889. The Kier molecular flexibility index (Phi) is 6.75. The van der Waals surface area contributed by atoms with Gasteiger partial charge in [0.15, 0.2) is 5.96 Å². The average molecular weight is 378 g/mol. The molecule has 3 rings (SSSR count). The van der Waals surface area contributed by atoms with Gasteiger partial charge in [0.1, 0.15) is 11.6 Å². The van der Waals surface area contributed by atoms with Crippen LogP contribution in [0.1, 0.15) is 22.9 Å². The van der Waals surface area contributed by atoms with Gasteiger partial charge in [0.25, 0.3) is 0 Å². The smallest absolute Gasteiger partial charge is 0.191 e. The molecule has 0 bridgehead atoms. The Labute approximate surface area is 165 Å². The molecular formula is C21H26N6O. The Morgan fingerprint density at radius 3 is 2.57 bits per heavy atom. The van der Waals surface area contributed by atoms with Crippen LogP contribution in [0, 0.1) is 6.92 Å². The maximum Gasteiger partial charge on any atom is 0.191 e. The van der Waals surface area contributed by atoms with E-state index in [4.69, 9.17) is 0 Å². The van der Waals surface area contributed by atoms with Crippen LogP contribution in [0.15, 0.2) is 66.0 Å². The number of hydrogen-bond acceptors (Lipinski definition) is 4. The zero-order valence-electron chi connectivity index (χ0n) is 16.2. The molecule has 0 saturated carbocycles. The summed E-state index contributed by atoms with van der Waals surface area (Å²) >= 11 is 0. The number of aliphatic hydroxyl groups excluding tert-OH is 1. The van der Waals surface area contributed by atoms with E-state index in [1.807, 2.05) is 66.3 Å². The molecule has 2 heterocycles. The van der Waals surface area contributed by atoms with E-state index in [0.717, 1.165) is 22.8 Å². The molecule has 0 radical (unpaired) electrons. The molecule has 3 aromatic rings. The summed E-state index contributed by atoms with van der Waals surface area (Å²) in [6.45, 7) is 3.22. The van der Waals surface area contributed by atoms with E-state index in [1.165, 1.54) is 0 Å². The number of nitrogens with one attached hydrogen (secondary N) is 2. The minimum Gasteiger partial charge on any atom is -0.396 e. The van der Waals surface area contributed by atoms with Gasteiger partial charge < -0.3 is 15.7 Å². The highest BCUT2D eigenvalue weighted by atomic mass is 16.3. The molecule has 0 saturated heterocycles. The van der Waals surface area contributed by atoms with Crippen LogP contribution >= 0.6 is 0 Å². The third kappa shape index (κ3) is 4.95. The summed E-state index contributed by atoms with van der Waals surface area (Å²) in [6.07, 6.45) is 5.50. The maximum absolute atomic E-state index is 9.68. The van der Waals surface area contributed by atoms with Gasteiger partial charge >= 0.3 is 0 Å². The Hall–Kier alpha value is -3.19. The molecular weight excluding hydrogens is 352 g/mol. The number of guanidine groups is 1. The average Bonchev–Trinajstić information content (AvgIpc) is 3.17. The number of aliphatic hydroxyl groups is 1. The molecule has 0 fully saturated rings. The Morgan fingerprint density at radius 1 is 1.14 bits per heavy atom. The normalized spacial score (nSPS) is 12.6. The van der Waals surface area contributed by atoms with Gasteiger partial charge in [0.05, 0.1) is 6.61 Å². The minimum absolute atomic E-state index is 0.0131. The van der Waals surface area contributed by atoms with Crippen LogP contribution in [-0.4, -0.2) is 45.8 Å². The van der Waals surface area contributed by atoms with Gasteiger partial charge in [0.2, 0.25) is 0 Å². The lowest BCUT2D eigenvalue weighted by Crippen LogP contribution is -2.39. The standard InChI is InChI=1S/C21H26N6O/c1-16-23-10-11-27(16)20-9-8-17(12-24-20)13-25-21(22-2)26-14-19(15-28)18-6-4-3-5-7-18/h3-12,19,28H,13-15H2,1-2H3,(H2,22,25,26). The van der Waals surface area contributed by atoms with Crippen LogP contribution in [0.25, 0.3) is 5.82 Å². The molecule has 0 spiro atoms. The lowest BCUT2D eigenvalue weighted by atomic mass is 10.0. The van der Waals surface area contributed by atoms with Crippen molar-refractivity contribution in [2.24, 2.45) is 4.99 Å². The van der Waals surface area contributed by atoms with Crippen molar-refractivity contribution in [1.82, 2.24) is 25.2 Å². The number of aromatic nitrogens is 3. The first-order valence-electron chi connectivity index (χ1n) is 9.27. The monoisotopic (exact) mass is 378 g/mol. The second kappa shape index (κ2) is 9.66. The second-order valence-corrected chi connectivity index (χ2v) is 6.47. The summed E-state index contributed by atoms with van der Waals surface area (Å²) in [7, 11) is 1.73. The minimum atomic E-state index is 0.0131. The summed E-state index contributed by atoms with van der Waals surface area (Å²) in [5.74, 6) is 2.44. The van der Waals surface area contributed by atoms with Crippen LogP contribution in [0.2, 0.25) is 0 Å². The van der Waals surface area contributed by atoms with Crippen molar-refractivity contribution in [3.63, 3.8) is 0 Å². The molecule has 0 aliphatic carbocycles. The number of hydrogen-bond donors (Lipinski definition) is 3. The fourth-order valence-corrected chi connectivity index (χ4v) is 2.92. The van der Waals surface area contributed by atoms with E-state index in [2.05, 4.69) is 25.6 Å². The highest BCUT2D eigenvalue weighted by Crippen LogP contribution is 2.13. The van der Waals surface area contributed by atoms with E-state index >= 15 is 0 Å². The molecule has 3 N–H and O–H groups in total. The first kappa shape index (κ1) is 19.6. The van der Waals surface area contributed by atoms with E-state index in [0.29, 0.717) is 19.0 Å². The number of rotatable bonds is 7. The van der Waals surface area contributed by atoms with Crippen molar-refractivity contribution in [2.45, 2.75) is 19.4 Å². The lowest BCUT2D eigenvalue weighted by molar-refractivity contribution is 0.265. The molecule has 146 valence electrons. The fraction of sp³-hybridized carbons (Fsp3) is 0.286. The molecule has 2 aromatic heterocycles. The predicted molar refractivity (Wildman–Crippen MR) is 111 cm³/mol. The zero-order chi connectivity index (χ0) is 19.8. The predicted octanol–water partition coefficient (Wildman–Crippen LogP) is 2.02. The van der Waals surface area contributed by atoms with Crippen molar-refractivity contribution in [3.8, 4) is 5.82 Å². The molecule has 1 aromatic carbocycles. The number of aliphatic imine (C=N–C) groups is 1. The van der Waals surface area contributed by atoms with Gasteiger partial charge in [-0.3, -0.25) is 9.56 Å². The van der Waals surface area contributed by atoms with Gasteiger partial charge in [-0.1, -0.05) is 36.4 Å². The van der Waals surface area contributed by atoms with Crippen LogP contribution in [0.4, 0.5) is 0 Å². The largest absolute Gasteiger partial charge is 0.396 e. The Balaban J connectivity index is 1.53. The van der Waals surface area contributed by atoms with Gasteiger partial charge in [-0.2, -0.15) is 0 Å². The number of pyridine rings is 1. The van der Waals surface area contributed by atoms with E-state index in [1.54, 1.807) is 13.2 Å². The Morgan fingerprint density at radius 2 is 1.96 bits per heavy atom. The first-order chi connectivity index (χ1) is 13.7.